The van der Waals surface area contributed by atoms with Crippen molar-refractivity contribution in [1.29, 1.82) is 0 Å². The van der Waals surface area contributed by atoms with Gasteiger partial charge in [0.1, 0.15) is 0 Å². The zero-order valence-corrected chi connectivity index (χ0v) is 17.9. The van der Waals surface area contributed by atoms with Crippen LogP contribution in [0.4, 0.5) is 5.13 Å². The molecule has 1 aliphatic heterocycles. The van der Waals surface area contributed by atoms with Crippen molar-refractivity contribution in [2.45, 2.75) is 17.9 Å². The van der Waals surface area contributed by atoms with Crippen LogP contribution in [0.25, 0.3) is 0 Å². The lowest BCUT2D eigenvalue weighted by atomic mass is 10.2. The van der Waals surface area contributed by atoms with Gasteiger partial charge in [0.25, 0.3) is 5.91 Å². The first-order valence-corrected chi connectivity index (χ1v) is 12.0. The molecule has 6 nitrogen and oxygen atoms in total. The fourth-order valence-electron chi connectivity index (χ4n) is 2.75. The van der Waals surface area contributed by atoms with E-state index in [0.717, 1.165) is 15.0 Å². The van der Waals surface area contributed by atoms with Crippen LogP contribution in [0, 0.1) is 0 Å². The maximum Gasteiger partial charge on any atom is 0.258 e. The van der Waals surface area contributed by atoms with Crippen LogP contribution in [0.2, 0.25) is 0 Å². The molecule has 0 spiro atoms. The van der Waals surface area contributed by atoms with Gasteiger partial charge in [0.2, 0.25) is 10.0 Å². The van der Waals surface area contributed by atoms with E-state index in [1.54, 1.807) is 35.7 Å². The van der Waals surface area contributed by atoms with Crippen molar-refractivity contribution in [3.05, 3.63) is 61.7 Å². The van der Waals surface area contributed by atoms with Crippen LogP contribution in [-0.2, 0) is 23.0 Å². The van der Waals surface area contributed by atoms with Crippen LogP contribution < -0.4 is 5.32 Å². The second kappa shape index (κ2) is 7.44. The lowest BCUT2D eigenvalue weighted by molar-refractivity contribution is 0.102. The van der Waals surface area contributed by atoms with Crippen molar-refractivity contribution in [2.75, 3.05) is 11.9 Å². The molecule has 0 aliphatic carbocycles. The predicted molar refractivity (Wildman–Crippen MR) is 110 cm³/mol. The molecule has 0 saturated carbocycles. The number of halogens is 1. The Morgan fingerprint density at radius 1 is 1.22 bits per heavy atom. The van der Waals surface area contributed by atoms with E-state index in [9.17, 15) is 13.2 Å². The van der Waals surface area contributed by atoms with Gasteiger partial charge in [-0.1, -0.05) is 15.9 Å². The van der Waals surface area contributed by atoms with Gasteiger partial charge >= 0.3 is 0 Å². The first kappa shape index (κ1) is 18.8. The molecule has 0 radical (unpaired) electrons. The molecule has 3 aromatic rings. The molecule has 0 atom stereocenters. The number of thiophene rings is 1. The van der Waals surface area contributed by atoms with E-state index < -0.39 is 10.0 Å². The number of amides is 1. The summed E-state index contributed by atoms with van der Waals surface area (Å²) in [5.41, 5.74) is 1.44. The highest BCUT2D eigenvalue weighted by Gasteiger charge is 2.30. The highest BCUT2D eigenvalue weighted by Crippen LogP contribution is 2.31. The molecule has 0 bridgehead atoms. The van der Waals surface area contributed by atoms with Gasteiger partial charge in [0.05, 0.1) is 22.7 Å². The van der Waals surface area contributed by atoms with E-state index in [1.807, 2.05) is 5.38 Å². The number of carbonyl (C=O) groups is 1. The number of benzene rings is 1. The number of nitrogens with zero attached hydrogens (tertiary/aromatic N) is 2. The summed E-state index contributed by atoms with van der Waals surface area (Å²) in [5.74, 6) is -0.207. The maximum atomic E-state index is 12.9. The van der Waals surface area contributed by atoms with Gasteiger partial charge in [-0.2, -0.15) is 15.6 Å². The fourth-order valence-corrected chi connectivity index (χ4v) is 6.16. The van der Waals surface area contributed by atoms with Crippen molar-refractivity contribution < 1.29 is 13.2 Å². The summed E-state index contributed by atoms with van der Waals surface area (Å²) in [7, 11) is -3.57. The van der Waals surface area contributed by atoms with Gasteiger partial charge in [-0.3, -0.25) is 10.1 Å². The number of thiazole rings is 1. The van der Waals surface area contributed by atoms with Crippen molar-refractivity contribution >= 4 is 59.7 Å². The highest BCUT2D eigenvalue weighted by molar-refractivity contribution is 9.10. The van der Waals surface area contributed by atoms with Gasteiger partial charge in [-0.05, 0) is 35.7 Å². The number of fused-ring (bicyclic) bond motifs is 1. The lowest BCUT2D eigenvalue weighted by Gasteiger charge is -2.25. The molecular weight excluding hydrogens is 470 g/mol. The van der Waals surface area contributed by atoms with E-state index in [2.05, 4.69) is 26.2 Å². The Balaban J connectivity index is 1.52. The third-order valence-corrected chi connectivity index (χ3v) is 8.22. The minimum absolute atomic E-state index is 0.207. The molecule has 1 aromatic carbocycles. The maximum absolute atomic E-state index is 12.9. The average molecular weight is 484 g/mol. The molecular formula is C17H14BrN3O3S3. The van der Waals surface area contributed by atoms with Gasteiger partial charge in [0.15, 0.2) is 5.13 Å². The van der Waals surface area contributed by atoms with E-state index in [-0.39, 0.29) is 17.3 Å². The molecule has 27 heavy (non-hydrogen) atoms. The highest BCUT2D eigenvalue weighted by atomic mass is 79.9. The van der Waals surface area contributed by atoms with Gasteiger partial charge in [-0.15, -0.1) is 11.3 Å². The Hall–Kier alpha value is -1.59. The number of hydrogen-bond acceptors (Lipinski definition) is 6. The number of aromatic nitrogens is 1. The number of anilines is 1. The Morgan fingerprint density at radius 3 is 2.70 bits per heavy atom. The van der Waals surface area contributed by atoms with Gasteiger partial charge in [0, 0.05) is 27.7 Å². The van der Waals surface area contributed by atoms with Crippen LogP contribution in [-0.4, -0.2) is 30.2 Å². The molecule has 0 unspecified atom stereocenters. The summed E-state index contributed by atoms with van der Waals surface area (Å²) in [4.78, 5) is 17.8. The second-order valence-electron chi connectivity index (χ2n) is 5.90. The summed E-state index contributed by atoms with van der Waals surface area (Å²) in [6.45, 7) is 0.632. The van der Waals surface area contributed by atoms with Crippen LogP contribution in [0.3, 0.4) is 0 Å². The molecule has 4 rings (SSSR count). The molecule has 10 heteroatoms. The molecule has 0 fully saturated rings. The summed E-state index contributed by atoms with van der Waals surface area (Å²) in [6, 6.07) is 8.36. The van der Waals surface area contributed by atoms with Crippen LogP contribution >= 0.6 is 38.6 Å². The average Bonchev–Trinajstić information content (AvgIpc) is 3.30. The summed E-state index contributed by atoms with van der Waals surface area (Å²) < 4.78 is 28.0. The Bertz CT molecular complexity index is 1080. The summed E-state index contributed by atoms with van der Waals surface area (Å²) in [5, 5.41) is 6.91. The Labute approximate surface area is 173 Å². The monoisotopic (exact) mass is 483 g/mol. The Kier molecular flexibility index (Phi) is 5.17. The quantitative estimate of drug-likeness (QED) is 0.608. The van der Waals surface area contributed by atoms with E-state index in [4.69, 9.17) is 0 Å². The van der Waals surface area contributed by atoms with Crippen molar-refractivity contribution in [2.24, 2.45) is 0 Å². The first-order valence-electron chi connectivity index (χ1n) is 8.01. The number of carbonyl (C=O) groups excluding carboxylic acids is 1. The number of hydrogen-bond donors (Lipinski definition) is 1. The topological polar surface area (TPSA) is 79.4 Å². The summed E-state index contributed by atoms with van der Waals surface area (Å²) in [6.07, 6.45) is 0.524. The van der Waals surface area contributed by atoms with Crippen LogP contribution in [0.15, 0.2) is 50.5 Å². The normalized spacial score (nSPS) is 14.7. The molecule has 1 amide bonds. The second-order valence-corrected chi connectivity index (χ2v) is 10.6. The molecule has 1 aliphatic rings. The van der Waals surface area contributed by atoms with E-state index in [0.29, 0.717) is 23.7 Å². The molecule has 2 aromatic heterocycles. The smallest absolute Gasteiger partial charge is 0.258 e. The minimum Gasteiger partial charge on any atom is -0.298 e. The van der Waals surface area contributed by atoms with E-state index in [1.165, 1.54) is 27.0 Å². The number of sulfonamides is 1. The number of nitrogens with one attached hydrogen (secondary N) is 1. The third kappa shape index (κ3) is 3.85. The minimum atomic E-state index is -3.57. The zero-order valence-electron chi connectivity index (χ0n) is 13.9. The third-order valence-electron chi connectivity index (χ3n) is 4.15. The molecule has 0 saturated heterocycles. The first-order chi connectivity index (χ1) is 12.9. The lowest BCUT2D eigenvalue weighted by Crippen LogP contribution is -2.35. The van der Waals surface area contributed by atoms with Crippen molar-refractivity contribution in [3.63, 3.8) is 0 Å². The van der Waals surface area contributed by atoms with Gasteiger partial charge in [-0.25, -0.2) is 13.4 Å². The van der Waals surface area contributed by atoms with Crippen LogP contribution in [0.1, 0.15) is 20.9 Å². The van der Waals surface area contributed by atoms with Gasteiger partial charge < -0.3 is 0 Å². The standard InChI is InChI=1S/C17H14BrN3O3S3/c18-12-1-3-13(4-2-12)27(23,24)21-7-5-14-15(9-21)26-17(19-14)20-16(22)11-6-8-25-10-11/h1-4,6,8,10H,5,7,9H2,(H,19,20,22). The van der Waals surface area contributed by atoms with Crippen molar-refractivity contribution in [1.82, 2.24) is 9.29 Å². The predicted octanol–water partition coefficient (Wildman–Crippen LogP) is 3.97. The summed E-state index contributed by atoms with van der Waals surface area (Å²) >= 11 is 6.10. The SMILES string of the molecule is O=C(Nc1nc2c(s1)CN(S(=O)(=O)c1ccc(Br)cc1)CC2)c1ccsc1. The number of rotatable bonds is 4. The molecule has 1 N–H and O–H groups in total. The zero-order chi connectivity index (χ0) is 19.0. The van der Waals surface area contributed by atoms with E-state index >= 15 is 0 Å². The molecule has 3 heterocycles. The van der Waals surface area contributed by atoms with Crippen molar-refractivity contribution in [3.8, 4) is 0 Å². The van der Waals surface area contributed by atoms with Crippen LogP contribution in [0.5, 0.6) is 0 Å². The fraction of sp³-hybridized carbons (Fsp3) is 0.176. The largest absolute Gasteiger partial charge is 0.298 e. The Morgan fingerprint density at radius 2 is 2.00 bits per heavy atom. The molecule has 140 valence electrons.